The second-order valence-corrected chi connectivity index (χ2v) is 5.42. The van der Waals surface area contributed by atoms with Crippen LogP contribution in [-0.2, 0) is 6.42 Å². The zero-order chi connectivity index (χ0) is 12.8. The van der Waals surface area contributed by atoms with Gasteiger partial charge in [-0.05, 0) is 42.3 Å². The van der Waals surface area contributed by atoms with E-state index in [1.807, 2.05) is 0 Å². The van der Waals surface area contributed by atoms with Crippen LogP contribution in [0.4, 0.5) is 0 Å². The van der Waals surface area contributed by atoms with Gasteiger partial charge in [0.25, 0.3) is 0 Å². The van der Waals surface area contributed by atoms with Crippen LogP contribution in [0.3, 0.4) is 0 Å². The van der Waals surface area contributed by atoms with E-state index in [1.54, 1.807) is 0 Å². The van der Waals surface area contributed by atoms with Crippen LogP contribution in [0.15, 0.2) is 24.3 Å². The quantitative estimate of drug-likeness (QED) is 0.795. The third-order valence-corrected chi connectivity index (χ3v) is 3.24. The molecule has 17 heavy (non-hydrogen) atoms. The summed E-state index contributed by atoms with van der Waals surface area (Å²) >= 11 is 0. The monoisotopic (exact) mass is 234 g/mol. The summed E-state index contributed by atoms with van der Waals surface area (Å²) in [5.74, 6) is 1.14. The zero-order valence-electron chi connectivity index (χ0n) is 11.3. The Morgan fingerprint density at radius 1 is 1.06 bits per heavy atom. The topological polar surface area (TPSA) is 52.0 Å². The van der Waals surface area contributed by atoms with Crippen molar-refractivity contribution in [3.8, 4) is 0 Å². The first-order valence-electron chi connectivity index (χ1n) is 6.59. The smallest absolute Gasteiger partial charge is 0.0321 e. The minimum Gasteiger partial charge on any atom is -0.330 e. The Labute approximate surface area is 105 Å². The summed E-state index contributed by atoms with van der Waals surface area (Å²) < 4.78 is 0. The van der Waals surface area contributed by atoms with Crippen molar-refractivity contribution in [3.63, 3.8) is 0 Å². The molecule has 0 aliphatic carbocycles. The highest BCUT2D eigenvalue weighted by atomic mass is 14.7. The lowest BCUT2D eigenvalue weighted by atomic mass is 9.91. The Bertz CT molecular complexity index is 316. The summed E-state index contributed by atoms with van der Waals surface area (Å²) in [6, 6.07) is 8.83. The predicted molar refractivity (Wildman–Crippen MR) is 74.7 cm³/mol. The number of benzene rings is 1. The van der Waals surface area contributed by atoms with E-state index in [0.717, 1.165) is 12.8 Å². The van der Waals surface area contributed by atoms with E-state index in [1.165, 1.54) is 11.1 Å². The molecule has 0 heterocycles. The molecule has 2 heteroatoms. The maximum atomic E-state index is 6.22. The van der Waals surface area contributed by atoms with Crippen molar-refractivity contribution in [2.24, 2.45) is 23.3 Å². The molecule has 0 aliphatic rings. The van der Waals surface area contributed by atoms with Gasteiger partial charge in [-0.25, -0.2) is 0 Å². The van der Waals surface area contributed by atoms with Gasteiger partial charge >= 0.3 is 0 Å². The molecule has 0 aliphatic heterocycles. The molecule has 0 radical (unpaired) electrons. The van der Waals surface area contributed by atoms with Crippen molar-refractivity contribution < 1.29 is 0 Å². The molecule has 0 saturated heterocycles. The molecule has 0 saturated carbocycles. The van der Waals surface area contributed by atoms with Crippen molar-refractivity contribution in [3.05, 3.63) is 35.4 Å². The van der Waals surface area contributed by atoms with Crippen molar-refractivity contribution in [1.82, 2.24) is 0 Å². The highest BCUT2D eigenvalue weighted by Crippen LogP contribution is 2.22. The molecule has 2 unspecified atom stereocenters. The predicted octanol–water partition coefficient (Wildman–Crippen LogP) is 2.87. The maximum Gasteiger partial charge on any atom is 0.0321 e. The van der Waals surface area contributed by atoms with Crippen LogP contribution in [0.25, 0.3) is 0 Å². The lowest BCUT2D eigenvalue weighted by Crippen LogP contribution is -2.21. The van der Waals surface area contributed by atoms with Crippen LogP contribution in [-0.4, -0.2) is 6.54 Å². The molecule has 2 atom stereocenters. The molecular formula is C15H26N2. The molecule has 0 spiro atoms. The lowest BCUT2D eigenvalue weighted by Gasteiger charge is -2.20. The average Bonchev–Trinajstić information content (AvgIpc) is 2.28. The SMILES string of the molecule is CC(C)Cc1ccc(C(N)C(C)CCN)cc1. The summed E-state index contributed by atoms with van der Waals surface area (Å²) in [6.07, 6.45) is 2.11. The summed E-state index contributed by atoms with van der Waals surface area (Å²) in [7, 11) is 0. The van der Waals surface area contributed by atoms with Gasteiger partial charge in [0.05, 0.1) is 0 Å². The Balaban J connectivity index is 2.66. The van der Waals surface area contributed by atoms with Gasteiger partial charge in [-0.2, -0.15) is 0 Å². The largest absolute Gasteiger partial charge is 0.330 e. The third kappa shape index (κ3) is 4.49. The van der Waals surface area contributed by atoms with E-state index in [-0.39, 0.29) is 6.04 Å². The van der Waals surface area contributed by atoms with E-state index >= 15 is 0 Å². The molecular weight excluding hydrogens is 208 g/mol. The molecule has 1 rings (SSSR count). The molecule has 0 aromatic heterocycles. The van der Waals surface area contributed by atoms with Crippen LogP contribution in [0, 0.1) is 11.8 Å². The standard InChI is InChI=1S/C15H26N2/c1-11(2)10-13-4-6-14(7-5-13)15(17)12(3)8-9-16/h4-7,11-12,15H,8-10,16-17H2,1-3H3. The Hall–Kier alpha value is -0.860. The lowest BCUT2D eigenvalue weighted by molar-refractivity contribution is 0.444. The van der Waals surface area contributed by atoms with Crippen molar-refractivity contribution in [2.75, 3.05) is 6.54 Å². The van der Waals surface area contributed by atoms with Crippen LogP contribution < -0.4 is 11.5 Å². The molecule has 1 aromatic carbocycles. The third-order valence-electron chi connectivity index (χ3n) is 3.24. The molecule has 4 N–H and O–H groups in total. The van der Waals surface area contributed by atoms with E-state index in [0.29, 0.717) is 18.4 Å². The highest BCUT2D eigenvalue weighted by molar-refractivity contribution is 5.25. The molecule has 0 bridgehead atoms. The van der Waals surface area contributed by atoms with E-state index in [4.69, 9.17) is 11.5 Å². The van der Waals surface area contributed by atoms with Gasteiger partial charge in [0.2, 0.25) is 0 Å². The summed E-state index contributed by atoms with van der Waals surface area (Å²) in [5, 5.41) is 0. The molecule has 2 nitrogen and oxygen atoms in total. The van der Waals surface area contributed by atoms with Gasteiger partial charge in [-0.3, -0.25) is 0 Å². The number of rotatable bonds is 6. The second kappa shape index (κ2) is 6.77. The van der Waals surface area contributed by atoms with E-state index in [9.17, 15) is 0 Å². The molecule has 1 aromatic rings. The highest BCUT2D eigenvalue weighted by Gasteiger charge is 2.13. The normalized spacial score (nSPS) is 14.9. The van der Waals surface area contributed by atoms with Crippen molar-refractivity contribution >= 4 is 0 Å². The fraction of sp³-hybridized carbons (Fsp3) is 0.600. The van der Waals surface area contributed by atoms with Gasteiger partial charge in [0.15, 0.2) is 0 Å². The minimum absolute atomic E-state index is 0.103. The van der Waals surface area contributed by atoms with E-state index in [2.05, 4.69) is 45.0 Å². The Kier molecular flexibility index (Phi) is 5.66. The minimum atomic E-state index is 0.103. The van der Waals surface area contributed by atoms with E-state index < -0.39 is 0 Å². The summed E-state index contributed by atoms with van der Waals surface area (Å²) in [6.45, 7) is 7.35. The van der Waals surface area contributed by atoms with Gasteiger partial charge in [0.1, 0.15) is 0 Å². The molecule has 0 fully saturated rings. The van der Waals surface area contributed by atoms with Crippen LogP contribution in [0.5, 0.6) is 0 Å². The number of hydrogen-bond acceptors (Lipinski definition) is 2. The fourth-order valence-corrected chi connectivity index (χ4v) is 2.12. The maximum absolute atomic E-state index is 6.22. The Morgan fingerprint density at radius 3 is 2.12 bits per heavy atom. The summed E-state index contributed by atoms with van der Waals surface area (Å²) in [4.78, 5) is 0. The Morgan fingerprint density at radius 2 is 1.65 bits per heavy atom. The molecule has 96 valence electrons. The number of nitrogens with two attached hydrogens (primary N) is 2. The van der Waals surface area contributed by atoms with Gasteiger partial charge < -0.3 is 11.5 Å². The average molecular weight is 234 g/mol. The van der Waals surface area contributed by atoms with Gasteiger partial charge in [-0.1, -0.05) is 45.0 Å². The zero-order valence-corrected chi connectivity index (χ0v) is 11.3. The molecule has 0 amide bonds. The first-order chi connectivity index (χ1) is 8.04. The van der Waals surface area contributed by atoms with Gasteiger partial charge in [0, 0.05) is 6.04 Å². The first kappa shape index (κ1) is 14.2. The second-order valence-electron chi connectivity index (χ2n) is 5.42. The van der Waals surface area contributed by atoms with Crippen molar-refractivity contribution in [1.29, 1.82) is 0 Å². The van der Waals surface area contributed by atoms with Crippen molar-refractivity contribution in [2.45, 2.75) is 39.7 Å². The fourth-order valence-electron chi connectivity index (χ4n) is 2.12. The summed E-state index contributed by atoms with van der Waals surface area (Å²) in [5.41, 5.74) is 14.4. The van der Waals surface area contributed by atoms with Crippen LogP contribution in [0.1, 0.15) is 44.4 Å². The number of hydrogen-bond donors (Lipinski definition) is 2. The van der Waals surface area contributed by atoms with Crippen LogP contribution >= 0.6 is 0 Å². The first-order valence-corrected chi connectivity index (χ1v) is 6.59. The van der Waals surface area contributed by atoms with Crippen LogP contribution in [0.2, 0.25) is 0 Å². The van der Waals surface area contributed by atoms with Gasteiger partial charge in [-0.15, -0.1) is 0 Å².